The molecule has 0 fully saturated rings. The van der Waals surface area contributed by atoms with Crippen LogP contribution in [0.5, 0.6) is 0 Å². The van der Waals surface area contributed by atoms with Crippen molar-refractivity contribution in [2.75, 3.05) is 0 Å². The van der Waals surface area contributed by atoms with Crippen molar-refractivity contribution in [2.45, 2.75) is 39.0 Å². The summed E-state index contributed by atoms with van der Waals surface area (Å²) < 4.78 is 1.88. The van der Waals surface area contributed by atoms with Gasteiger partial charge >= 0.3 is 0 Å². The van der Waals surface area contributed by atoms with Gasteiger partial charge in [-0.3, -0.25) is 9.20 Å². The Morgan fingerprint density at radius 2 is 1.20 bits per heavy atom. The highest BCUT2D eigenvalue weighted by molar-refractivity contribution is 6.20. The van der Waals surface area contributed by atoms with E-state index >= 15 is 0 Å². The maximum atomic E-state index is 13.0. The van der Waals surface area contributed by atoms with Crippen molar-refractivity contribution in [3.05, 3.63) is 159 Å². The van der Waals surface area contributed by atoms with Crippen molar-refractivity contribution in [1.82, 2.24) is 4.40 Å². The zero-order chi connectivity index (χ0) is 30.4. The number of benzene rings is 6. The Hall–Kier alpha value is -5.21. The molecule has 10 rings (SSSR count). The van der Waals surface area contributed by atoms with E-state index in [0.29, 0.717) is 0 Å². The van der Waals surface area contributed by atoms with Crippen LogP contribution in [0.15, 0.2) is 126 Å². The van der Waals surface area contributed by atoms with E-state index < -0.39 is 0 Å². The molecule has 2 nitrogen and oxygen atoms in total. The van der Waals surface area contributed by atoms with Gasteiger partial charge in [-0.1, -0.05) is 111 Å². The average Bonchev–Trinajstić information content (AvgIpc) is 3.53. The molecule has 2 aliphatic carbocycles. The predicted octanol–water partition coefficient (Wildman–Crippen LogP) is 10.3. The Morgan fingerprint density at radius 3 is 2.02 bits per heavy atom. The third-order valence-corrected chi connectivity index (χ3v) is 10.3. The molecule has 2 heteroatoms. The smallest absolute Gasteiger partial charge is 0.263 e. The molecule has 8 aromatic rings. The number of aryl methyl sites for hydroxylation is 2. The van der Waals surface area contributed by atoms with Gasteiger partial charge in [0.2, 0.25) is 0 Å². The van der Waals surface area contributed by atoms with Crippen LogP contribution in [0.1, 0.15) is 41.7 Å². The first-order chi connectivity index (χ1) is 21.9. The topological polar surface area (TPSA) is 21.5 Å². The Kier molecular flexibility index (Phi) is 5.47. The van der Waals surface area contributed by atoms with Gasteiger partial charge in [0.15, 0.2) is 0 Å². The lowest BCUT2D eigenvalue weighted by Crippen LogP contribution is -2.19. The van der Waals surface area contributed by atoms with Crippen LogP contribution in [0, 0.1) is 6.92 Å². The normalized spacial score (nSPS) is 14.2. The fraction of sp³-hybridized carbons (Fsp3) is 0.140. The second kappa shape index (κ2) is 9.39. The summed E-state index contributed by atoms with van der Waals surface area (Å²) in [5, 5.41) is 5.28. The fourth-order valence-electron chi connectivity index (χ4n) is 8.44. The monoisotopic (exact) mass is 579 g/mol. The molecule has 0 unspecified atom stereocenters. The molecule has 0 N–H and O–H groups in total. The zero-order valence-corrected chi connectivity index (χ0v) is 25.8. The highest BCUT2D eigenvalue weighted by atomic mass is 16.1. The Morgan fingerprint density at radius 1 is 0.578 bits per heavy atom. The number of fused-ring (bicyclic) bond motifs is 12. The Bertz CT molecular complexity index is 2550. The van der Waals surface area contributed by atoms with Crippen LogP contribution < -0.4 is 5.56 Å². The number of hydrogen-bond acceptors (Lipinski definition) is 1. The lowest BCUT2D eigenvalue weighted by atomic mass is 9.75. The Labute approximate surface area is 262 Å². The quantitative estimate of drug-likeness (QED) is 0.164. The van der Waals surface area contributed by atoms with E-state index in [4.69, 9.17) is 0 Å². The van der Waals surface area contributed by atoms with Crippen LogP contribution in [-0.4, -0.2) is 4.40 Å². The molecule has 45 heavy (non-hydrogen) atoms. The van der Waals surface area contributed by atoms with Gasteiger partial charge in [-0.15, -0.1) is 0 Å². The molecule has 216 valence electrons. The number of rotatable bonds is 0. The molecule has 0 bridgehead atoms. The molecule has 0 saturated carbocycles. The first-order valence-corrected chi connectivity index (χ1v) is 16.0. The number of aromatic nitrogens is 1. The first kappa shape index (κ1) is 26.2. The predicted molar refractivity (Wildman–Crippen MR) is 189 cm³/mol. The number of nitrogens with zero attached hydrogens (tertiary/aromatic N) is 1. The molecule has 2 heterocycles. The maximum absolute atomic E-state index is 13.0. The van der Waals surface area contributed by atoms with Crippen LogP contribution in [0.2, 0.25) is 0 Å². The van der Waals surface area contributed by atoms with E-state index in [-0.39, 0.29) is 11.0 Å². The highest BCUT2D eigenvalue weighted by Gasteiger charge is 2.38. The molecule has 0 radical (unpaired) electrons. The van der Waals surface area contributed by atoms with Crippen LogP contribution in [0.4, 0.5) is 0 Å². The molecule has 0 atom stereocenters. The SMILES string of the molecule is CC1(C)c2ccccc2-c2ccc3c(c21)CCc1ccccc1-3.Cc1cc2c3ccccc3c(=O)n3c4ccccc4c(c1)c23. The summed E-state index contributed by atoms with van der Waals surface area (Å²) in [6, 6.07) is 42.9. The molecular formula is C43H33NO. The minimum Gasteiger partial charge on any atom is -0.275 e. The first-order valence-electron chi connectivity index (χ1n) is 16.0. The molecule has 0 aliphatic heterocycles. The van der Waals surface area contributed by atoms with Gasteiger partial charge in [0.05, 0.1) is 11.0 Å². The molecule has 2 aliphatic rings. The van der Waals surface area contributed by atoms with Crippen molar-refractivity contribution in [2.24, 2.45) is 0 Å². The minimum atomic E-state index is 0.0677. The average molecular weight is 580 g/mol. The number of para-hydroxylation sites is 1. The second-order valence-electron chi connectivity index (χ2n) is 13.3. The second-order valence-corrected chi connectivity index (χ2v) is 13.3. The summed E-state index contributed by atoms with van der Waals surface area (Å²) in [5.41, 5.74) is 15.3. The van der Waals surface area contributed by atoms with Crippen LogP contribution >= 0.6 is 0 Å². The maximum Gasteiger partial charge on any atom is 0.263 e. The van der Waals surface area contributed by atoms with Gasteiger partial charge in [0.25, 0.3) is 5.56 Å². The van der Waals surface area contributed by atoms with Crippen molar-refractivity contribution < 1.29 is 0 Å². The van der Waals surface area contributed by atoms with E-state index in [9.17, 15) is 4.79 Å². The van der Waals surface area contributed by atoms with Crippen molar-refractivity contribution >= 4 is 38.0 Å². The van der Waals surface area contributed by atoms with Gasteiger partial charge in [-0.05, 0) is 99.5 Å². The molecule has 6 aromatic carbocycles. The molecule has 0 saturated heterocycles. The van der Waals surface area contributed by atoms with E-state index in [2.05, 4.69) is 99.6 Å². The van der Waals surface area contributed by atoms with Crippen molar-refractivity contribution in [3.8, 4) is 22.3 Å². The van der Waals surface area contributed by atoms with E-state index in [1.165, 1.54) is 38.9 Å². The molecule has 0 amide bonds. The lowest BCUT2D eigenvalue weighted by molar-refractivity contribution is 0.649. The van der Waals surface area contributed by atoms with Crippen molar-refractivity contribution in [3.63, 3.8) is 0 Å². The summed E-state index contributed by atoms with van der Waals surface area (Å²) in [6.07, 6.45) is 2.32. The summed E-state index contributed by atoms with van der Waals surface area (Å²) in [5.74, 6) is 0. The number of hydrogen-bond donors (Lipinski definition) is 0. The van der Waals surface area contributed by atoms with E-state index in [0.717, 1.165) is 50.8 Å². The van der Waals surface area contributed by atoms with Gasteiger partial charge in [0.1, 0.15) is 0 Å². The molecule has 2 aromatic heterocycles. The van der Waals surface area contributed by atoms with Gasteiger partial charge < -0.3 is 0 Å². The summed E-state index contributed by atoms with van der Waals surface area (Å²) in [6.45, 7) is 6.89. The lowest BCUT2D eigenvalue weighted by Gasteiger charge is -2.29. The highest BCUT2D eigenvalue weighted by Crippen LogP contribution is 2.52. The molecule has 0 spiro atoms. The largest absolute Gasteiger partial charge is 0.275 e. The standard InChI is InChI=1S/C23H20.C20H13NO/c1-23(2)21-10-6-5-9-18(21)20-14-13-17-16-8-4-3-7-15(16)11-12-19(17)22(20)23;1-12-10-16-13-6-2-3-8-15(13)20(22)21-18-9-5-4-7-14(18)17(11-12)19(16)21/h3-10,13-14H,11-12H2,1-2H3;2-11H,1H3. The van der Waals surface area contributed by atoms with Gasteiger partial charge in [-0.2, -0.15) is 0 Å². The third kappa shape index (κ3) is 3.60. The summed E-state index contributed by atoms with van der Waals surface area (Å²) in [4.78, 5) is 13.0. The zero-order valence-electron chi connectivity index (χ0n) is 25.8. The third-order valence-electron chi connectivity index (χ3n) is 10.3. The van der Waals surface area contributed by atoms with Crippen LogP contribution in [-0.2, 0) is 18.3 Å². The summed E-state index contributed by atoms with van der Waals surface area (Å²) >= 11 is 0. The minimum absolute atomic E-state index is 0.0677. The summed E-state index contributed by atoms with van der Waals surface area (Å²) in [7, 11) is 0. The van der Waals surface area contributed by atoms with E-state index in [1.54, 1.807) is 11.1 Å². The van der Waals surface area contributed by atoms with Crippen molar-refractivity contribution in [1.29, 1.82) is 0 Å². The number of pyridine rings is 1. The van der Waals surface area contributed by atoms with Crippen LogP contribution in [0.25, 0.3) is 60.2 Å². The van der Waals surface area contributed by atoms with Crippen LogP contribution in [0.3, 0.4) is 0 Å². The Balaban J connectivity index is 0.000000125. The van der Waals surface area contributed by atoms with Gasteiger partial charge in [0, 0.05) is 27.0 Å². The molecular weight excluding hydrogens is 546 g/mol. The fourth-order valence-corrected chi connectivity index (χ4v) is 8.44. The van der Waals surface area contributed by atoms with E-state index in [1.807, 2.05) is 46.9 Å². The van der Waals surface area contributed by atoms with Gasteiger partial charge in [-0.25, -0.2) is 0 Å².